The molecule has 0 aliphatic rings. The Morgan fingerprint density at radius 2 is 2.13 bits per heavy atom. The molecule has 0 aromatic heterocycles. The van der Waals surface area contributed by atoms with Crippen LogP contribution in [0.25, 0.3) is 0 Å². The standard InChI is InChI=1S/C11H23N3O/c1-4-14(8-9-15-5-2)7-6-11(10-12)13-3/h11,13H,4-9H2,1-3H3. The van der Waals surface area contributed by atoms with Gasteiger partial charge >= 0.3 is 0 Å². The maximum Gasteiger partial charge on any atom is 0.0962 e. The molecular formula is C11H23N3O. The van der Waals surface area contributed by atoms with E-state index in [-0.39, 0.29) is 6.04 Å². The Morgan fingerprint density at radius 3 is 2.60 bits per heavy atom. The number of likely N-dealkylation sites (N-methyl/N-ethyl adjacent to an activating group) is 1. The quantitative estimate of drug-likeness (QED) is 0.577. The van der Waals surface area contributed by atoms with Crippen LogP contribution in [0.5, 0.6) is 0 Å². The molecule has 88 valence electrons. The minimum absolute atomic E-state index is 0.0360. The second-order valence-corrected chi connectivity index (χ2v) is 3.39. The zero-order valence-corrected chi connectivity index (χ0v) is 10.1. The molecule has 0 radical (unpaired) electrons. The molecule has 1 atom stereocenters. The predicted molar refractivity (Wildman–Crippen MR) is 61.7 cm³/mol. The van der Waals surface area contributed by atoms with Gasteiger partial charge in [-0.1, -0.05) is 6.92 Å². The van der Waals surface area contributed by atoms with E-state index in [2.05, 4.69) is 23.2 Å². The van der Waals surface area contributed by atoms with E-state index >= 15 is 0 Å². The van der Waals surface area contributed by atoms with Crippen LogP contribution in [0.1, 0.15) is 20.3 Å². The molecule has 1 N–H and O–H groups in total. The molecule has 15 heavy (non-hydrogen) atoms. The smallest absolute Gasteiger partial charge is 0.0962 e. The van der Waals surface area contributed by atoms with Crippen LogP contribution < -0.4 is 5.32 Å². The number of nitriles is 1. The van der Waals surface area contributed by atoms with Gasteiger partial charge in [0.15, 0.2) is 0 Å². The highest BCUT2D eigenvalue weighted by Gasteiger charge is 2.07. The van der Waals surface area contributed by atoms with Gasteiger partial charge in [-0.2, -0.15) is 5.26 Å². The number of hydrogen-bond donors (Lipinski definition) is 1. The van der Waals surface area contributed by atoms with E-state index in [1.807, 2.05) is 14.0 Å². The molecule has 0 amide bonds. The van der Waals surface area contributed by atoms with Crippen molar-refractivity contribution in [2.24, 2.45) is 0 Å². The van der Waals surface area contributed by atoms with Crippen molar-refractivity contribution >= 4 is 0 Å². The van der Waals surface area contributed by atoms with Gasteiger partial charge < -0.3 is 15.0 Å². The Kier molecular flexibility index (Phi) is 9.49. The summed E-state index contributed by atoms with van der Waals surface area (Å²) in [4.78, 5) is 2.30. The van der Waals surface area contributed by atoms with Gasteiger partial charge in [0, 0.05) is 19.7 Å². The van der Waals surface area contributed by atoms with Crippen LogP contribution in [-0.4, -0.2) is 50.8 Å². The summed E-state index contributed by atoms with van der Waals surface area (Å²) in [6.45, 7) is 8.59. The molecule has 0 heterocycles. The number of ether oxygens (including phenoxy) is 1. The van der Waals surface area contributed by atoms with Crippen molar-refractivity contribution in [3.63, 3.8) is 0 Å². The number of nitrogens with one attached hydrogen (secondary N) is 1. The van der Waals surface area contributed by atoms with E-state index in [1.165, 1.54) is 0 Å². The summed E-state index contributed by atoms with van der Waals surface area (Å²) >= 11 is 0. The molecule has 0 aliphatic carbocycles. The number of nitrogens with zero attached hydrogens (tertiary/aromatic N) is 2. The third-order valence-electron chi connectivity index (χ3n) is 2.44. The highest BCUT2D eigenvalue weighted by molar-refractivity contribution is 4.88. The average molecular weight is 213 g/mol. The summed E-state index contributed by atoms with van der Waals surface area (Å²) in [5, 5.41) is 11.7. The fraction of sp³-hybridized carbons (Fsp3) is 0.909. The minimum Gasteiger partial charge on any atom is -0.380 e. The molecule has 0 fully saturated rings. The van der Waals surface area contributed by atoms with Crippen molar-refractivity contribution in [3.05, 3.63) is 0 Å². The lowest BCUT2D eigenvalue weighted by molar-refractivity contribution is 0.114. The van der Waals surface area contributed by atoms with Gasteiger partial charge in [0.2, 0.25) is 0 Å². The molecular weight excluding hydrogens is 190 g/mol. The summed E-state index contributed by atoms with van der Waals surface area (Å²) in [6, 6.07) is 2.19. The fourth-order valence-electron chi connectivity index (χ4n) is 1.35. The topological polar surface area (TPSA) is 48.3 Å². The molecule has 0 rings (SSSR count). The Bertz CT molecular complexity index is 179. The minimum atomic E-state index is -0.0360. The molecule has 0 aromatic carbocycles. The molecule has 0 saturated heterocycles. The monoisotopic (exact) mass is 213 g/mol. The van der Waals surface area contributed by atoms with E-state index in [0.717, 1.165) is 39.3 Å². The Hall–Kier alpha value is -0.630. The molecule has 0 aliphatic heterocycles. The normalized spacial score (nSPS) is 12.7. The summed E-state index contributed by atoms with van der Waals surface area (Å²) in [6.07, 6.45) is 0.868. The van der Waals surface area contributed by atoms with E-state index in [4.69, 9.17) is 10.00 Å². The third kappa shape index (κ3) is 7.32. The van der Waals surface area contributed by atoms with Gasteiger partial charge in [0.1, 0.15) is 0 Å². The van der Waals surface area contributed by atoms with E-state index in [9.17, 15) is 0 Å². The van der Waals surface area contributed by atoms with Crippen molar-refractivity contribution in [2.75, 3.05) is 39.9 Å². The highest BCUT2D eigenvalue weighted by Crippen LogP contribution is 1.95. The Morgan fingerprint density at radius 1 is 1.40 bits per heavy atom. The van der Waals surface area contributed by atoms with Gasteiger partial charge in [0.05, 0.1) is 18.7 Å². The SMILES string of the molecule is CCOCCN(CC)CCC(C#N)NC. The largest absolute Gasteiger partial charge is 0.380 e. The summed E-state index contributed by atoms with van der Waals surface area (Å²) < 4.78 is 5.30. The zero-order valence-electron chi connectivity index (χ0n) is 10.1. The maximum atomic E-state index is 8.77. The van der Waals surface area contributed by atoms with Crippen LogP contribution in [0.15, 0.2) is 0 Å². The van der Waals surface area contributed by atoms with Crippen molar-refractivity contribution in [2.45, 2.75) is 26.3 Å². The molecule has 4 heteroatoms. The van der Waals surface area contributed by atoms with Gasteiger partial charge in [-0.05, 0) is 26.9 Å². The van der Waals surface area contributed by atoms with Crippen LogP contribution in [0.2, 0.25) is 0 Å². The average Bonchev–Trinajstić information content (AvgIpc) is 2.28. The van der Waals surface area contributed by atoms with E-state index in [1.54, 1.807) is 0 Å². The van der Waals surface area contributed by atoms with Crippen LogP contribution in [0.4, 0.5) is 0 Å². The van der Waals surface area contributed by atoms with Gasteiger partial charge in [-0.25, -0.2) is 0 Å². The molecule has 4 nitrogen and oxygen atoms in total. The number of hydrogen-bond acceptors (Lipinski definition) is 4. The summed E-state index contributed by atoms with van der Waals surface area (Å²) in [7, 11) is 1.82. The van der Waals surface area contributed by atoms with Crippen LogP contribution in [0.3, 0.4) is 0 Å². The lowest BCUT2D eigenvalue weighted by atomic mass is 10.2. The first-order valence-corrected chi connectivity index (χ1v) is 5.65. The molecule has 0 spiro atoms. The lowest BCUT2D eigenvalue weighted by Gasteiger charge is -2.21. The molecule has 0 aromatic rings. The van der Waals surface area contributed by atoms with Crippen LogP contribution in [0, 0.1) is 11.3 Å². The number of rotatable bonds is 9. The first-order chi connectivity index (χ1) is 7.28. The van der Waals surface area contributed by atoms with Crippen molar-refractivity contribution < 1.29 is 4.74 Å². The van der Waals surface area contributed by atoms with Crippen LogP contribution >= 0.6 is 0 Å². The summed E-state index contributed by atoms with van der Waals surface area (Å²) in [5.41, 5.74) is 0. The molecule has 0 saturated carbocycles. The third-order valence-corrected chi connectivity index (χ3v) is 2.44. The maximum absolute atomic E-state index is 8.77. The van der Waals surface area contributed by atoms with Crippen LogP contribution in [-0.2, 0) is 4.74 Å². The molecule has 1 unspecified atom stereocenters. The van der Waals surface area contributed by atoms with Crippen molar-refractivity contribution in [1.82, 2.24) is 10.2 Å². The predicted octanol–water partition coefficient (Wildman–Crippen LogP) is 0.846. The van der Waals surface area contributed by atoms with Gasteiger partial charge in [0.25, 0.3) is 0 Å². The van der Waals surface area contributed by atoms with Crippen molar-refractivity contribution in [1.29, 1.82) is 5.26 Å². The zero-order chi connectivity index (χ0) is 11.5. The van der Waals surface area contributed by atoms with E-state index < -0.39 is 0 Å². The molecule has 0 bridgehead atoms. The second-order valence-electron chi connectivity index (χ2n) is 3.39. The van der Waals surface area contributed by atoms with E-state index in [0.29, 0.717) is 0 Å². The lowest BCUT2D eigenvalue weighted by Crippen LogP contribution is -2.33. The summed E-state index contributed by atoms with van der Waals surface area (Å²) in [5.74, 6) is 0. The fourth-order valence-corrected chi connectivity index (χ4v) is 1.35. The first-order valence-electron chi connectivity index (χ1n) is 5.65. The first kappa shape index (κ1) is 14.4. The Balaban J connectivity index is 3.65. The van der Waals surface area contributed by atoms with Gasteiger partial charge in [-0.3, -0.25) is 0 Å². The van der Waals surface area contributed by atoms with Gasteiger partial charge in [-0.15, -0.1) is 0 Å². The van der Waals surface area contributed by atoms with Crippen molar-refractivity contribution in [3.8, 4) is 6.07 Å². The Labute approximate surface area is 93.2 Å². The highest BCUT2D eigenvalue weighted by atomic mass is 16.5. The second kappa shape index (κ2) is 9.91.